The van der Waals surface area contributed by atoms with Gasteiger partial charge < -0.3 is 4.74 Å². The van der Waals surface area contributed by atoms with Crippen LogP contribution in [0.4, 0.5) is 0 Å². The third-order valence-electron chi connectivity index (χ3n) is 1.68. The van der Waals surface area contributed by atoms with E-state index >= 15 is 0 Å². The summed E-state index contributed by atoms with van der Waals surface area (Å²) in [6.07, 6.45) is 2.76. The van der Waals surface area contributed by atoms with E-state index in [1.54, 1.807) is 6.08 Å². The van der Waals surface area contributed by atoms with E-state index in [1.807, 2.05) is 0 Å². The smallest absolute Gasteiger partial charge is 0.216 e. The maximum atomic E-state index is 5.43. The molecule has 0 aliphatic heterocycles. The molecule has 2 nitrogen and oxygen atoms in total. The first-order chi connectivity index (χ1) is 6.17. The average Bonchev–Trinajstić information content (AvgIpc) is 2.11. The fourth-order valence-corrected chi connectivity index (χ4v) is 0.989. The molecule has 0 heterocycles. The van der Waals surface area contributed by atoms with E-state index in [-0.39, 0.29) is 0 Å². The Labute approximate surface area is 81.0 Å². The Morgan fingerprint density at radius 3 is 2.46 bits per heavy atom. The molecule has 0 aromatic carbocycles. The molecule has 0 N–H and O–H groups in total. The van der Waals surface area contributed by atoms with Crippen LogP contribution in [0.15, 0.2) is 29.1 Å². The summed E-state index contributed by atoms with van der Waals surface area (Å²) in [4.78, 5) is 3.85. The van der Waals surface area contributed by atoms with Crippen LogP contribution in [-0.4, -0.2) is 13.3 Å². The zero-order valence-electron chi connectivity index (χ0n) is 8.84. The predicted molar refractivity (Wildman–Crippen MR) is 57.9 cm³/mol. The number of hydrogen-bond donors (Lipinski definition) is 0. The molecule has 13 heavy (non-hydrogen) atoms. The fraction of sp³-hybridized carbons (Fsp3) is 0.545. The van der Waals surface area contributed by atoms with Crippen molar-refractivity contribution < 1.29 is 4.74 Å². The molecule has 0 saturated heterocycles. The van der Waals surface area contributed by atoms with Gasteiger partial charge in [0.2, 0.25) is 5.88 Å². The van der Waals surface area contributed by atoms with E-state index in [1.165, 1.54) is 0 Å². The minimum absolute atomic E-state index is 0.370. The molecule has 0 radical (unpaired) electrons. The molecule has 0 amide bonds. The monoisotopic (exact) mass is 181 g/mol. The molecular weight excluding hydrogens is 162 g/mol. The van der Waals surface area contributed by atoms with Gasteiger partial charge in [-0.3, -0.25) is 0 Å². The SMILES string of the molecule is C=C/C(=C(\N=C)OCCC)C(C)C. The van der Waals surface area contributed by atoms with Crippen LogP contribution in [0.2, 0.25) is 0 Å². The largest absolute Gasteiger partial charge is 0.477 e. The second-order valence-electron chi connectivity index (χ2n) is 3.13. The van der Waals surface area contributed by atoms with Crippen molar-refractivity contribution in [2.24, 2.45) is 10.9 Å². The molecule has 0 aromatic heterocycles. The second-order valence-corrected chi connectivity index (χ2v) is 3.13. The number of rotatable bonds is 6. The van der Waals surface area contributed by atoms with E-state index in [2.05, 4.69) is 39.1 Å². The van der Waals surface area contributed by atoms with Gasteiger partial charge in [-0.1, -0.05) is 33.4 Å². The van der Waals surface area contributed by atoms with Gasteiger partial charge in [0.15, 0.2) is 0 Å². The van der Waals surface area contributed by atoms with E-state index in [0.29, 0.717) is 18.4 Å². The van der Waals surface area contributed by atoms with Crippen LogP contribution in [0.1, 0.15) is 27.2 Å². The molecule has 0 bridgehead atoms. The number of aliphatic imine (C=N–C) groups is 1. The molecule has 0 aliphatic carbocycles. The summed E-state index contributed by atoms with van der Waals surface area (Å²) < 4.78 is 5.43. The van der Waals surface area contributed by atoms with Crippen molar-refractivity contribution in [1.82, 2.24) is 0 Å². The molecule has 2 heteroatoms. The highest BCUT2D eigenvalue weighted by Crippen LogP contribution is 2.17. The van der Waals surface area contributed by atoms with Crippen molar-refractivity contribution in [3.8, 4) is 0 Å². The highest BCUT2D eigenvalue weighted by atomic mass is 16.5. The number of nitrogens with zero attached hydrogens (tertiary/aromatic N) is 1. The Morgan fingerprint density at radius 2 is 2.15 bits per heavy atom. The van der Waals surface area contributed by atoms with Crippen molar-refractivity contribution in [3.05, 3.63) is 24.1 Å². The molecule has 0 rings (SSSR count). The van der Waals surface area contributed by atoms with Gasteiger partial charge in [-0.25, -0.2) is 4.99 Å². The third-order valence-corrected chi connectivity index (χ3v) is 1.68. The van der Waals surface area contributed by atoms with Crippen molar-refractivity contribution in [1.29, 1.82) is 0 Å². The van der Waals surface area contributed by atoms with Crippen LogP contribution in [-0.2, 0) is 4.74 Å². The lowest BCUT2D eigenvalue weighted by molar-refractivity contribution is 0.206. The molecule has 0 aromatic rings. The Hall–Kier alpha value is -1.05. The van der Waals surface area contributed by atoms with E-state index in [0.717, 1.165) is 12.0 Å². The summed E-state index contributed by atoms with van der Waals surface area (Å²) in [6.45, 7) is 14.1. The standard InChI is InChI=1S/C11H19NO/c1-6-8-13-11(12-5)10(7-2)9(3)4/h7,9H,2,5-6,8H2,1,3-4H3/b11-10-. The van der Waals surface area contributed by atoms with Crippen molar-refractivity contribution in [2.45, 2.75) is 27.2 Å². The minimum atomic E-state index is 0.370. The molecule has 0 fully saturated rings. The minimum Gasteiger partial charge on any atom is -0.477 e. The Kier molecular flexibility index (Phi) is 5.94. The number of ether oxygens (including phenoxy) is 1. The van der Waals surface area contributed by atoms with Crippen LogP contribution in [0.5, 0.6) is 0 Å². The highest BCUT2D eigenvalue weighted by Gasteiger charge is 2.06. The van der Waals surface area contributed by atoms with Gasteiger partial charge in [-0.05, 0) is 19.1 Å². The second kappa shape index (κ2) is 6.46. The average molecular weight is 181 g/mol. The van der Waals surface area contributed by atoms with Gasteiger partial charge in [0.25, 0.3) is 0 Å². The van der Waals surface area contributed by atoms with Gasteiger partial charge in [0.05, 0.1) is 6.61 Å². The summed E-state index contributed by atoms with van der Waals surface area (Å²) in [5.74, 6) is 0.988. The lowest BCUT2D eigenvalue weighted by atomic mass is 10.0. The molecule has 0 saturated carbocycles. The van der Waals surface area contributed by atoms with Crippen molar-refractivity contribution in [2.75, 3.05) is 6.61 Å². The molecule has 0 atom stereocenters. The van der Waals surface area contributed by atoms with Gasteiger partial charge in [0.1, 0.15) is 0 Å². The first-order valence-electron chi connectivity index (χ1n) is 4.63. The predicted octanol–water partition coefficient (Wildman–Crippen LogP) is 3.17. The first-order valence-corrected chi connectivity index (χ1v) is 4.63. The van der Waals surface area contributed by atoms with Crippen LogP contribution in [0.3, 0.4) is 0 Å². The number of hydrogen-bond acceptors (Lipinski definition) is 2. The maximum absolute atomic E-state index is 5.43. The van der Waals surface area contributed by atoms with Gasteiger partial charge in [0, 0.05) is 5.57 Å². The summed E-state index contributed by atoms with van der Waals surface area (Å²) in [7, 11) is 0. The molecule has 0 spiro atoms. The lowest BCUT2D eigenvalue weighted by Crippen LogP contribution is -2.00. The third kappa shape index (κ3) is 3.92. The maximum Gasteiger partial charge on any atom is 0.216 e. The zero-order chi connectivity index (χ0) is 10.3. The Morgan fingerprint density at radius 1 is 1.54 bits per heavy atom. The van der Waals surface area contributed by atoms with Gasteiger partial charge >= 0.3 is 0 Å². The summed E-state index contributed by atoms with van der Waals surface area (Å²) in [5, 5.41) is 0. The topological polar surface area (TPSA) is 21.6 Å². The molecular formula is C11H19NO. The van der Waals surface area contributed by atoms with Gasteiger partial charge in [-0.15, -0.1) is 0 Å². The van der Waals surface area contributed by atoms with Crippen LogP contribution in [0.25, 0.3) is 0 Å². The van der Waals surface area contributed by atoms with Gasteiger partial charge in [-0.2, -0.15) is 0 Å². The normalized spacial score (nSPS) is 12.3. The number of allylic oxidation sites excluding steroid dienone is 2. The van der Waals surface area contributed by atoms with Crippen LogP contribution < -0.4 is 0 Å². The highest BCUT2D eigenvalue weighted by molar-refractivity contribution is 5.32. The Balaban J connectivity index is 4.61. The molecule has 0 aliphatic rings. The first kappa shape index (κ1) is 11.9. The molecule has 0 unspecified atom stereocenters. The quantitative estimate of drug-likeness (QED) is 0.350. The summed E-state index contributed by atoms with van der Waals surface area (Å²) >= 11 is 0. The van der Waals surface area contributed by atoms with Crippen LogP contribution >= 0.6 is 0 Å². The molecule has 74 valence electrons. The summed E-state index contributed by atoms with van der Waals surface area (Å²) in [5.41, 5.74) is 1.02. The Bertz CT molecular complexity index is 204. The van der Waals surface area contributed by atoms with Crippen LogP contribution in [0, 0.1) is 5.92 Å². The lowest BCUT2D eigenvalue weighted by Gasteiger charge is -2.11. The summed E-state index contributed by atoms with van der Waals surface area (Å²) in [6, 6.07) is 0. The van der Waals surface area contributed by atoms with E-state index in [4.69, 9.17) is 4.74 Å². The van der Waals surface area contributed by atoms with E-state index in [9.17, 15) is 0 Å². The van der Waals surface area contributed by atoms with Crippen molar-refractivity contribution in [3.63, 3.8) is 0 Å². The fourth-order valence-electron chi connectivity index (χ4n) is 0.989. The van der Waals surface area contributed by atoms with E-state index < -0.39 is 0 Å². The van der Waals surface area contributed by atoms with Crippen molar-refractivity contribution >= 4 is 6.72 Å². The zero-order valence-corrected chi connectivity index (χ0v) is 8.84.